The van der Waals surface area contributed by atoms with Crippen LogP contribution in [0.5, 0.6) is 5.75 Å². The van der Waals surface area contributed by atoms with Crippen LogP contribution in [-0.2, 0) is 0 Å². The lowest BCUT2D eigenvalue weighted by atomic mass is 10.3. The van der Waals surface area contributed by atoms with E-state index >= 15 is 0 Å². The van der Waals surface area contributed by atoms with Crippen LogP contribution < -0.4 is 15.0 Å². The highest BCUT2D eigenvalue weighted by Gasteiger charge is 2.23. The van der Waals surface area contributed by atoms with E-state index in [1.165, 1.54) is 0 Å². The number of halogens is 1. The standard InChI is InChI=1S/C17H18ClN7O2/c1-27-14-3-2-12(18)10-13(14)20-17(26)24-8-6-23(7-9-24)16-5-4-15-21-19-11-25(15)22-16/h2-5,10-11H,6-9H2,1H3,(H,20,26). The summed E-state index contributed by atoms with van der Waals surface area (Å²) in [5, 5.41) is 15.7. The number of anilines is 2. The van der Waals surface area contributed by atoms with Gasteiger partial charge in [-0.1, -0.05) is 11.6 Å². The highest BCUT2D eigenvalue weighted by Crippen LogP contribution is 2.28. The SMILES string of the molecule is COc1ccc(Cl)cc1NC(=O)N1CCN(c2ccc3nncn3n2)CC1. The molecule has 1 fully saturated rings. The molecule has 1 aliphatic rings. The molecule has 1 saturated heterocycles. The summed E-state index contributed by atoms with van der Waals surface area (Å²) in [6.07, 6.45) is 1.57. The first-order chi connectivity index (χ1) is 13.1. The molecule has 0 spiro atoms. The van der Waals surface area contributed by atoms with Gasteiger partial charge in [-0.15, -0.1) is 15.3 Å². The fourth-order valence-electron chi connectivity index (χ4n) is 3.00. The minimum absolute atomic E-state index is 0.183. The van der Waals surface area contributed by atoms with Crippen molar-refractivity contribution in [1.82, 2.24) is 24.7 Å². The van der Waals surface area contributed by atoms with Gasteiger partial charge in [-0.05, 0) is 30.3 Å². The van der Waals surface area contributed by atoms with E-state index in [-0.39, 0.29) is 6.03 Å². The van der Waals surface area contributed by atoms with Gasteiger partial charge < -0.3 is 19.9 Å². The molecule has 10 heteroatoms. The highest BCUT2D eigenvalue weighted by molar-refractivity contribution is 6.31. The largest absolute Gasteiger partial charge is 0.495 e. The minimum atomic E-state index is -0.183. The minimum Gasteiger partial charge on any atom is -0.495 e. The number of ether oxygens (including phenoxy) is 1. The molecular formula is C17H18ClN7O2. The Hall–Kier alpha value is -3.07. The van der Waals surface area contributed by atoms with Crippen LogP contribution in [0.3, 0.4) is 0 Å². The fourth-order valence-corrected chi connectivity index (χ4v) is 3.17. The van der Waals surface area contributed by atoms with Crippen LogP contribution in [0.2, 0.25) is 5.02 Å². The Labute approximate surface area is 160 Å². The zero-order chi connectivity index (χ0) is 18.8. The molecule has 3 aromatic rings. The number of nitrogens with one attached hydrogen (secondary N) is 1. The average Bonchev–Trinajstić information content (AvgIpc) is 3.16. The summed E-state index contributed by atoms with van der Waals surface area (Å²) in [7, 11) is 1.55. The van der Waals surface area contributed by atoms with Gasteiger partial charge in [0.1, 0.15) is 17.9 Å². The number of methoxy groups -OCH3 is 1. The van der Waals surface area contributed by atoms with Crippen molar-refractivity contribution in [3.63, 3.8) is 0 Å². The Balaban J connectivity index is 1.40. The monoisotopic (exact) mass is 387 g/mol. The van der Waals surface area contributed by atoms with Crippen molar-refractivity contribution < 1.29 is 9.53 Å². The second-order valence-corrected chi connectivity index (χ2v) is 6.51. The third kappa shape index (κ3) is 3.59. The smallest absolute Gasteiger partial charge is 0.322 e. The van der Waals surface area contributed by atoms with Gasteiger partial charge in [0.2, 0.25) is 0 Å². The van der Waals surface area contributed by atoms with E-state index in [1.54, 1.807) is 41.1 Å². The number of urea groups is 1. The Morgan fingerprint density at radius 2 is 2.00 bits per heavy atom. The predicted octanol–water partition coefficient (Wildman–Crippen LogP) is 2.14. The number of benzene rings is 1. The highest BCUT2D eigenvalue weighted by atomic mass is 35.5. The molecule has 4 rings (SSSR count). The number of carbonyl (C=O) groups is 1. The van der Waals surface area contributed by atoms with Crippen molar-refractivity contribution in [1.29, 1.82) is 0 Å². The summed E-state index contributed by atoms with van der Waals surface area (Å²) < 4.78 is 6.91. The second kappa shape index (κ2) is 7.28. The van der Waals surface area contributed by atoms with Crippen molar-refractivity contribution >= 4 is 34.8 Å². The maximum Gasteiger partial charge on any atom is 0.322 e. The molecule has 0 saturated carbocycles. The molecule has 0 aliphatic carbocycles. The Kier molecular flexibility index (Phi) is 4.68. The summed E-state index contributed by atoms with van der Waals surface area (Å²) in [6.45, 7) is 2.52. The van der Waals surface area contributed by atoms with Crippen LogP contribution in [0.15, 0.2) is 36.7 Å². The van der Waals surface area contributed by atoms with Crippen LogP contribution in [0, 0.1) is 0 Å². The first kappa shape index (κ1) is 17.3. The number of rotatable bonds is 3. The molecule has 0 unspecified atom stereocenters. The zero-order valence-electron chi connectivity index (χ0n) is 14.7. The lowest BCUT2D eigenvalue weighted by Gasteiger charge is -2.35. The third-order valence-electron chi connectivity index (χ3n) is 4.44. The van der Waals surface area contributed by atoms with Crippen LogP contribution in [0.4, 0.5) is 16.3 Å². The second-order valence-electron chi connectivity index (χ2n) is 6.07. The quantitative estimate of drug-likeness (QED) is 0.740. The number of hydrogen-bond donors (Lipinski definition) is 1. The average molecular weight is 388 g/mol. The van der Waals surface area contributed by atoms with Gasteiger partial charge >= 0.3 is 6.03 Å². The number of hydrogen-bond acceptors (Lipinski definition) is 6. The topological polar surface area (TPSA) is 87.9 Å². The van der Waals surface area contributed by atoms with E-state index < -0.39 is 0 Å². The molecule has 2 amide bonds. The van der Waals surface area contributed by atoms with Crippen molar-refractivity contribution in [2.24, 2.45) is 0 Å². The fraction of sp³-hybridized carbons (Fsp3) is 0.294. The molecule has 1 aliphatic heterocycles. The molecule has 0 bridgehead atoms. The summed E-state index contributed by atoms with van der Waals surface area (Å²) in [5.74, 6) is 1.40. The normalized spacial score (nSPS) is 14.4. The summed E-state index contributed by atoms with van der Waals surface area (Å²) in [4.78, 5) is 16.5. The van der Waals surface area contributed by atoms with Gasteiger partial charge in [-0.3, -0.25) is 0 Å². The van der Waals surface area contributed by atoms with Crippen LogP contribution >= 0.6 is 11.6 Å². The molecule has 9 nitrogen and oxygen atoms in total. The number of piperazine rings is 1. The van der Waals surface area contributed by atoms with Gasteiger partial charge in [-0.25, -0.2) is 4.79 Å². The molecular weight excluding hydrogens is 370 g/mol. The van der Waals surface area contributed by atoms with Crippen molar-refractivity contribution in [2.75, 3.05) is 43.5 Å². The van der Waals surface area contributed by atoms with E-state index in [0.717, 1.165) is 5.82 Å². The predicted molar refractivity (Wildman–Crippen MR) is 102 cm³/mol. The maximum absolute atomic E-state index is 12.6. The first-order valence-electron chi connectivity index (χ1n) is 8.45. The Bertz CT molecular complexity index is 969. The lowest BCUT2D eigenvalue weighted by Crippen LogP contribution is -2.50. The van der Waals surface area contributed by atoms with Crippen LogP contribution in [-0.4, -0.2) is 64.0 Å². The number of carbonyl (C=O) groups excluding carboxylic acids is 1. The van der Waals surface area contributed by atoms with Crippen LogP contribution in [0.1, 0.15) is 0 Å². The number of aromatic nitrogens is 4. The molecule has 27 heavy (non-hydrogen) atoms. The molecule has 3 heterocycles. The van der Waals surface area contributed by atoms with Crippen molar-refractivity contribution in [3.05, 3.63) is 41.7 Å². The number of nitrogens with zero attached hydrogens (tertiary/aromatic N) is 6. The van der Waals surface area contributed by atoms with E-state index in [1.807, 2.05) is 12.1 Å². The number of fused-ring (bicyclic) bond motifs is 1. The van der Waals surface area contributed by atoms with Gasteiger partial charge in [0.05, 0.1) is 12.8 Å². The molecule has 0 radical (unpaired) electrons. The van der Waals surface area contributed by atoms with Gasteiger partial charge in [0.15, 0.2) is 5.65 Å². The zero-order valence-corrected chi connectivity index (χ0v) is 15.4. The van der Waals surface area contributed by atoms with Gasteiger partial charge in [0.25, 0.3) is 0 Å². The molecule has 2 aromatic heterocycles. The summed E-state index contributed by atoms with van der Waals surface area (Å²) in [6, 6.07) is 8.72. The molecule has 1 aromatic carbocycles. The lowest BCUT2D eigenvalue weighted by molar-refractivity contribution is 0.208. The van der Waals surface area contributed by atoms with Crippen molar-refractivity contribution in [2.45, 2.75) is 0 Å². The Morgan fingerprint density at radius 3 is 2.78 bits per heavy atom. The van der Waals surface area contributed by atoms with E-state index in [4.69, 9.17) is 16.3 Å². The number of amides is 2. The molecule has 140 valence electrons. The summed E-state index contributed by atoms with van der Waals surface area (Å²) >= 11 is 6.02. The molecule has 1 N–H and O–H groups in total. The summed E-state index contributed by atoms with van der Waals surface area (Å²) in [5.41, 5.74) is 1.25. The molecule has 0 atom stereocenters. The third-order valence-corrected chi connectivity index (χ3v) is 4.68. The van der Waals surface area contributed by atoms with E-state index in [0.29, 0.717) is 48.3 Å². The van der Waals surface area contributed by atoms with E-state index in [9.17, 15) is 4.79 Å². The Morgan fingerprint density at radius 1 is 1.19 bits per heavy atom. The van der Waals surface area contributed by atoms with Gasteiger partial charge in [0, 0.05) is 31.2 Å². The van der Waals surface area contributed by atoms with Crippen molar-refractivity contribution in [3.8, 4) is 5.75 Å². The maximum atomic E-state index is 12.6. The van der Waals surface area contributed by atoms with Gasteiger partial charge in [-0.2, -0.15) is 4.52 Å². The van der Waals surface area contributed by atoms with E-state index in [2.05, 4.69) is 25.5 Å². The first-order valence-corrected chi connectivity index (χ1v) is 8.83. The van der Waals surface area contributed by atoms with Crippen LogP contribution in [0.25, 0.3) is 5.65 Å².